The van der Waals surface area contributed by atoms with Gasteiger partial charge in [0.2, 0.25) is 5.91 Å². The predicted octanol–water partition coefficient (Wildman–Crippen LogP) is 3.62. The minimum Gasteiger partial charge on any atom is -0.347 e. The maximum atomic E-state index is 11.5. The molecule has 1 N–H and O–H groups in total. The summed E-state index contributed by atoms with van der Waals surface area (Å²) in [5.41, 5.74) is 4.30. The van der Waals surface area contributed by atoms with Crippen molar-refractivity contribution in [3.8, 4) is 10.6 Å². The molecule has 4 rings (SSSR count). The molecule has 0 saturated heterocycles. The summed E-state index contributed by atoms with van der Waals surface area (Å²) in [6, 6.07) is 8.12. The Kier molecular flexibility index (Phi) is 3.77. The number of thiazole rings is 1. The Hall–Kier alpha value is -2.80. The lowest BCUT2D eigenvalue weighted by Gasteiger charge is -2.26. The molecule has 7 heteroatoms. The summed E-state index contributed by atoms with van der Waals surface area (Å²) in [5, 5.41) is 3.89. The average Bonchev–Trinajstić information content (AvgIpc) is 3.17. The van der Waals surface area contributed by atoms with E-state index in [0.29, 0.717) is 0 Å². The topological polar surface area (TPSA) is 72.7 Å². The minimum absolute atomic E-state index is 0.0526. The summed E-state index contributed by atoms with van der Waals surface area (Å²) in [7, 11) is 1.96. The van der Waals surface area contributed by atoms with Gasteiger partial charge in [-0.3, -0.25) is 4.79 Å². The molecule has 0 aliphatic carbocycles. The Labute approximate surface area is 154 Å². The van der Waals surface area contributed by atoms with Crippen molar-refractivity contribution >= 4 is 38.6 Å². The summed E-state index contributed by atoms with van der Waals surface area (Å²) in [4.78, 5) is 26.1. The molecule has 0 aliphatic rings. The van der Waals surface area contributed by atoms with Gasteiger partial charge in [-0.05, 0) is 25.5 Å². The van der Waals surface area contributed by atoms with Crippen molar-refractivity contribution in [1.82, 2.24) is 24.8 Å². The maximum absolute atomic E-state index is 11.5. The second-order valence-electron chi connectivity index (χ2n) is 6.91. The second-order valence-corrected chi connectivity index (χ2v) is 7.88. The molecule has 1 amide bonds. The van der Waals surface area contributed by atoms with Crippen LogP contribution < -0.4 is 5.32 Å². The molecule has 1 aromatic carbocycles. The molecule has 4 aromatic rings. The molecule has 0 saturated carbocycles. The smallest absolute Gasteiger partial charge is 0.217 e. The Morgan fingerprint density at radius 3 is 2.85 bits per heavy atom. The van der Waals surface area contributed by atoms with Crippen LogP contribution in [0.2, 0.25) is 0 Å². The van der Waals surface area contributed by atoms with Crippen molar-refractivity contribution in [3.63, 3.8) is 0 Å². The van der Waals surface area contributed by atoms with E-state index in [4.69, 9.17) is 4.98 Å². The zero-order valence-corrected chi connectivity index (χ0v) is 15.9. The van der Waals surface area contributed by atoms with E-state index in [1.54, 1.807) is 23.9 Å². The minimum atomic E-state index is -0.452. The molecule has 0 unspecified atom stereocenters. The largest absolute Gasteiger partial charge is 0.347 e. The normalized spacial score (nSPS) is 12.0. The van der Waals surface area contributed by atoms with Crippen LogP contribution in [0.3, 0.4) is 0 Å². The highest BCUT2D eigenvalue weighted by molar-refractivity contribution is 7.21. The standard InChI is InChI=1S/C19H19N5OS/c1-11(25)23-19(2,3)13-7-5-6-12(8-13)17-22-15-16-14(21-10-24(16)4)9-20-18(15)26-17/h5-10H,1-4H3,(H,23,25). The van der Waals surface area contributed by atoms with Crippen LogP contribution in [0.5, 0.6) is 0 Å². The number of hydrogen-bond acceptors (Lipinski definition) is 5. The summed E-state index contributed by atoms with van der Waals surface area (Å²) < 4.78 is 1.97. The van der Waals surface area contributed by atoms with Gasteiger partial charge in [0.05, 0.1) is 23.6 Å². The summed E-state index contributed by atoms with van der Waals surface area (Å²) in [6.45, 7) is 5.52. The fraction of sp³-hybridized carbons (Fsp3) is 0.263. The molecule has 3 aromatic heterocycles. The van der Waals surface area contributed by atoms with E-state index in [0.717, 1.165) is 37.5 Å². The van der Waals surface area contributed by atoms with Crippen molar-refractivity contribution in [2.24, 2.45) is 7.05 Å². The first kappa shape index (κ1) is 16.7. The molecule has 0 bridgehead atoms. The van der Waals surface area contributed by atoms with Gasteiger partial charge in [0.15, 0.2) is 0 Å². The molecule has 6 nitrogen and oxygen atoms in total. The molecule has 3 heterocycles. The first-order chi connectivity index (χ1) is 12.3. The quantitative estimate of drug-likeness (QED) is 0.602. The molecule has 26 heavy (non-hydrogen) atoms. The third kappa shape index (κ3) is 2.74. The predicted molar refractivity (Wildman–Crippen MR) is 104 cm³/mol. The Balaban J connectivity index is 1.83. The summed E-state index contributed by atoms with van der Waals surface area (Å²) in [6.07, 6.45) is 3.57. The number of pyridine rings is 1. The van der Waals surface area contributed by atoms with E-state index in [1.165, 1.54) is 6.92 Å². The third-order valence-corrected chi connectivity index (χ3v) is 5.44. The molecule has 0 radical (unpaired) electrons. The molecule has 0 fully saturated rings. The lowest BCUT2D eigenvalue weighted by Crippen LogP contribution is -2.39. The number of nitrogens with one attached hydrogen (secondary N) is 1. The SMILES string of the molecule is CC(=O)NC(C)(C)c1cccc(-c2nc3c(ncc4ncn(C)c43)s2)c1. The molecular formula is C19H19N5OS. The van der Waals surface area contributed by atoms with E-state index >= 15 is 0 Å². The fourth-order valence-corrected chi connectivity index (χ4v) is 4.09. The van der Waals surface area contributed by atoms with Crippen LogP contribution in [0.1, 0.15) is 26.3 Å². The number of benzene rings is 1. The maximum Gasteiger partial charge on any atom is 0.217 e. The van der Waals surface area contributed by atoms with Crippen molar-refractivity contribution in [2.45, 2.75) is 26.3 Å². The van der Waals surface area contributed by atoms with E-state index < -0.39 is 5.54 Å². The fourth-order valence-electron chi connectivity index (χ4n) is 3.18. The van der Waals surface area contributed by atoms with Crippen LogP contribution >= 0.6 is 11.3 Å². The highest BCUT2D eigenvalue weighted by atomic mass is 32.1. The monoisotopic (exact) mass is 365 g/mol. The van der Waals surface area contributed by atoms with Gasteiger partial charge in [0, 0.05) is 19.5 Å². The van der Waals surface area contributed by atoms with Crippen molar-refractivity contribution in [1.29, 1.82) is 0 Å². The number of carbonyl (C=O) groups excluding carboxylic acids is 1. The highest BCUT2D eigenvalue weighted by Gasteiger charge is 2.22. The van der Waals surface area contributed by atoms with Gasteiger partial charge in [-0.2, -0.15) is 0 Å². The van der Waals surface area contributed by atoms with Crippen LogP contribution in [-0.2, 0) is 17.4 Å². The van der Waals surface area contributed by atoms with Gasteiger partial charge in [-0.1, -0.05) is 29.5 Å². The van der Waals surface area contributed by atoms with Crippen molar-refractivity contribution < 1.29 is 4.79 Å². The second kappa shape index (κ2) is 5.88. The first-order valence-electron chi connectivity index (χ1n) is 8.31. The Morgan fingerprint density at radius 2 is 2.08 bits per heavy atom. The number of fused-ring (bicyclic) bond motifs is 3. The molecular weight excluding hydrogens is 346 g/mol. The third-order valence-electron chi connectivity index (χ3n) is 4.42. The van der Waals surface area contributed by atoms with Gasteiger partial charge in [-0.25, -0.2) is 15.0 Å². The van der Waals surface area contributed by atoms with Crippen LogP contribution in [-0.4, -0.2) is 25.4 Å². The number of hydrogen-bond donors (Lipinski definition) is 1. The lowest BCUT2D eigenvalue weighted by atomic mass is 9.93. The summed E-state index contributed by atoms with van der Waals surface area (Å²) >= 11 is 1.56. The number of rotatable bonds is 3. The highest BCUT2D eigenvalue weighted by Crippen LogP contribution is 2.34. The van der Waals surface area contributed by atoms with E-state index in [9.17, 15) is 4.79 Å². The van der Waals surface area contributed by atoms with Crippen molar-refractivity contribution in [3.05, 3.63) is 42.4 Å². The number of carbonyl (C=O) groups is 1. The van der Waals surface area contributed by atoms with E-state index in [-0.39, 0.29) is 5.91 Å². The molecule has 132 valence electrons. The molecule has 0 atom stereocenters. The van der Waals surface area contributed by atoms with Gasteiger partial charge >= 0.3 is 0 Å². The van der Waals surface area contributed by atoms with Gasteiger partial charge in [-0.15, -0.1) is 0 Å². The Bertz CT molecular complexity index is 1140. The van der Waals surface area contributed by atoms with E-state index in [2.05, 4.69) is 21.4 Å². The number of aryl methyl sites for hydroxylation is 1. The van der Waals surface area contributed by atoms with Gasteiger partial charge in [0.1, 0.15) is 20.9 Å². The van der Waals surface area contributed by atoms with Crippen LogP contribution in [0.25, 0.3) is 32.0 Å². The van der Waals surface area contributed by atoms with Gasteiger partial charge < -0.3 is 9.88 Å². The zero-order valence-electron chi connectivity index (χ0n) is 15.1. The van der Waals surface area contributed by atoms with Gasteiger partial charge in [0.25, 0.3) is 0 Å². The molecule has 0 spiro atoms. The summed E-state index contributed by atoms with van der Waals surface area (Å²) in [5.74, 6) is -0.0526. The lowest BCUT2D eigenvalue weighted by molar-refractivity contribution is -0.120. The average molecular weight is 365 g/mol. The molecule has 0 aliphatic heterocycles. The zero-order chi connectivity index (χ0) is 18.5. The Morgan fingerprint density at radius 1 is 1.27 bits per heavy atom. The van der Waals surface area contributed by atoms with Crippen molar-refractivity contribution in [2.75, 3.05) is 0 Å². The van der Waals surface area contributed by atoms with Crippen LogP contribution in [0, 0.1) is 0 Å². The van der Waals surface area contributed by atoms with E-state index in [1.807, 2.05) is 43.7 Å². The number of nitrogens with zero attached hydrogens (tertiary/aromatic N) is 4. The number of amides is 1. The van der Waals surface area contributed by atoms with Crippen LogP contribution in [0.15, 0.2) is 36.8 Å². The number of aromatic nitrogens is 4. The first-order valence-corrected chi connectivity index (χ1v) is 9.13. The van der Waals surface area contributed by atoms with Crippen LogP contribution in [0.4, 0.5) is 0 Å². The number of imidazole rings is 1.